The summed E-state index contributed by atoms with van der Waals surface area (Å²) in [5, 5.41) is 10.6. The second-order valence-electron chi connectivity index (χ2n) is 5.96. The second-order valence-corrected chi connectivity index (χ2v) is 7.70. The fourth-order valence-corrected chi connectivity index (χ4v) is 4.79. The number of phenolic OH excluding ortho intramolecular Hbond substituents is 1. The van der Waals surface area contributed by atoms with Crippen molar-refractivity contribution in [3.05, 3.63) is 59.2 Å². The molecular formula is C19H23F2OP. The molecule has 0 saturated carbocycles. The first-order valence-corrected chi connectivity index (χ1v) is 8.95. The van der Waals surface area contributed by atoms with Crippen molar-refractivity contribution < 1.29 is 13.9 Å². The van der Waals surface area contributed by atoms with Gasteiger partial charge in [0.2, 0.25) is 0 Å². The Morgan fingerprint density at radius 2 is 1.83 bits per heavy atom. The highest BCUT2D eigenvalue weighted by atomic mass is 31.1. The van der Waals surface area contributed by atoms with Gasteiger partial charge in [-0.25, -0.2) is 8.78 Å². The Balaban J connectivity index is 2.52. The number of halogens is 2. The molecule has 0 aliphatic carbocycles. The third-order valence-corrected chi connectivity index (χ3v) is 6.28. The Morgan fingerprint density at radius 1 is 1.09 bits per heavy atom. The minimum absolute atomic E-state index is 0.136. The van der Waals surface area contributed by atoms with Crippen molar-refractivity contribution in [2.24, 2.45) is 0 Å². The van der Waals surface area contributed by atoms with E-state index in [0.29, 0.717) is 5.30 Å². The molecule has 124 valence electrons. The smallest absolute Gasteiger partial charge is 0.133 e. The van der Waals surface area contributed by atoms with E-state index >= 15 is 0 Å². The number of phenols is 1. The van der Waals surface area contributed by atoms with E-state index in [9.17, 15) is 13.9 Å². The summed E-state index contributed by atoms with van der Waals surface area (Å²) in [6.07, 6.45) is 2.56. The van der Waals surface area contributed by atoms with Crippen LogP contribution in [0.5, 0.6) is 5.75 Å². The van der Waals surface area contributed by atoms with Gasteiger partial charge >= 0.3 is 0 Å². The van der Waals surface area contributed by atoms with E-state index in [2.05, 4.69) is 13.8 Å². The van der Waals surface area contributed by atoms with Crippen LogP contribution in [-0.2, 0) is 5.16 Å². The van der Waals surface area contributed by atoms with Crippen molar-refractivity contribution in [2.45, 2.75) is 45.2 Å². The van der Waals surface area contributed by atoms with Crippen molar-refractivity contribution in [1.82, 2.24) is 0 Å². The predicted octanol–water partition coefficient (Wildman–Crippen LogP) is 5.39. The standard InChI is InChI=1S/C19H23F2OP/c1-4-10-19(5-2,15-11-13(3)6-8-17(15)22)23-18-9-7-14(20)12-16(18)21/h6-9,11-12,22-23H,4-5,10H2,1-3H3. The molecule has 0 radical (unpaired) electrons. The lowest BCUT2D eigenvalue weighted by Crippen LogP contribution is -2.24. The molecule has 0 spiro atoms. The Morgan fingerprint density at radius 3 is 2.43 bits per heavy atom. The van der Waals surface area contributed by atoms with E-state index in [1.807, 2.05) is 19.1 Å². The van der Waals surface area contributed by atoms with Gasteiger partial charge in [-0.1, -0.05) is 46.5 Å². The first-order valence-electron chi connectivity index (χ1n) is 7.95. The van der Waals surface area contributed by atoms with Crippen LogP contribution in [0.25, 0.3) is 0 Å². The summed E-state index contributed by atoms with van der Waals surface area (Å²) < 4.78 is 27.3. The molecule has 0 heterocycles. The zero-order valence-electron chi connectivity index (χ0n) is 13.8. The highest BCUT2D eigenvalue weighted by Gasteiger charge is 2.33. The van der Waals surface area contributed by atoms with E-state index < -0.39 is 11.6 Å². The van der Waals surface area contributed by atoms with E-state index in [0.717, 1.165) is 36.5 Å². The van der Waals surface area contributed by atoms with Crippen molar-refractivity contribution in [1.29, 1.82) is 0 Å². The normalized spacial score (nSPS) is 14.3. The SMILES string of the molecule is CCCC(CC)(Pc1ccc(F)cc1F)c1cc(C)ccc1O. The molecule has 0 aliphatic rings. The van der Waals surface area contributed by atoms with Gasteiger partial charge in [-0.2, -0.15) is 0 Å². The molecule has 0 aliphatic heterocycles. The molecule has 2 unspecified atom stereocenters. The lowest BCUT2D eigenvalue weighted by atomic mass is 9.89. The van der Waals surface area contributed by atoms with E-state index in [4.69, 9.17) is 0 Å². The molecule has 23 heavy (non-hydrogen) atoms. The molecule has 2 aromatic carbocycles. The van der Waals surface area contributed by atoms with Gasteiger partial charge in [0.05, 0.1) is 0 Å². The fourth-order valence-electron chi connectivity index (χ4n) is 3.03. The molecule has 0 aromatic heterocycles. The first kappa shape index (κ1) is 17.9. The lowest BCUT2D eigenvalue weighted by molar-refractivity contribution is 0.442. The van der Waals surface area contributed by atoms with Gasteiger partial charge in [-0.05, 0) is 38.0 Å². The molecule has 4 heteroatoms. The Labute approximate surface area is 138 Å². The Bertz CT molecular complexity index is 687. The largest absolute Gasteiger partial charge is 0.508 e. The average Bonchev–Trinajstić information content (AvgIpc) is 2.52. The summed E-state index contributed by atoms with van der Waals surface area (Å²) in [5.41, 5.74) is 1.93. The third-order valence-electron chi connectivity index (χ3n) is 4.25. The molecule has 0 amide bonds. The summed E-state index contributed by atoms with van der Waals surface area (Å²) in [4.78, 5) is 0. The molecule has 0 bridgehead atoms. The molecule has 1 nitrogen and oxygen atoms in total. The summed E-state index contributed by atoms with van der Waals surface area (Å²) in [6.45, 7) is 6.13. The van der Waals surface area contributed by atoms with Crippen molar-refractivity contribution in [2.75, 3.05) is 0 Å². The van der Waals surface area contributed by atoms with Crippen LogP contribution in [0.3, 0.4) is 0 Å². The number of aryl methyl sites for hydroxylation is 1. The summed E-state index contributed by atoms with van der Waals surface area (Å²) in [7, 11) is 0.136. The summed E-state index contributed by atoms with van der Waals surface area (Å²) >= 11 is 0. The molecule has 2 atom stereocenters. The van der Waals surface area contributed by atoms with Gasteiger partial charge in [0.15, 0.2) is 0 Å². The van der Waals surface area contributed by atoms with E-state index in [1.54, 1.807) is 6.07 Å². The van der Waals surface area contributed by atoms with Crippen LogP contribution >= 0.6 is 8.58 Å². The lowest BCUT2D eigenvalue weighted by Gasteiger charge is -2.34. The number of rotatable bonds is 6. The number of hydrogen-bond acceptors (Lipinski definition) is 1. The summed E-state index contributed by atoms with van der Waals surface area (Å²) in [5.74, 6) is -0.822. The molecule has 0 fully saturated rings. The number of hydrogen-bond donors (Lipinski definition) is 1. The second kappa shape index (κ2) is 7.40. The van der Waals surface area contributed by atoms with E-state index in [-0.39, 0.29) is 19.5 Å². The maximum Gasteiger partial charge on any atom is 0.133 e. The van der Waals surface area contributed by atoms with Gasteiger partial charge in [-0.3, -0.25) is 0 Å². The highest BCUT2D eigenvalue weighted by Crippen LogP contribution is 2.50. The highest BCUT2D eigenvalue weighted by molar-refractivity contribution is 7.48. The molecular weight excluding hydrogens is 313 g/mol. The monoisotopic (exact) mass is 336 g/mol. The topological polar surface area (TPSA) is 20.2 Å². The maximum absolute atomic E-state index is 14.2. The number of benzene rings is 2. The summed E-state index contributed by atoms with van der Waals surface area (Å²) in [6, 6.07) is 9.32. The minimum atomic E-state index is -0.563. The van der Waals surface area contributed by atoms with Gasteiger partial charge < -0.3 is 5.11 Å². The maximum atomic E-state index is 14.2. The molecule has 0 saturated heterocycles. The van der Waals surface area contributed by atoms with Gasteiger partial charge in [-0.15, -0.1) is 0 Å². The van der Waals surface area contributed by atoms with Crippen LogP contribution in [0, 0.1) is 18.6 Å². The quantitative estimate of drug-likeness (QED) is 0.701. The van der Waals surface area contributed by atoms with Crippen molar-refractivity contribution in [3.8, 4) is 5.75 Å². The van der Waals surface area contributed by atoms with Crippen LogP contribution in [-0.4, -0.2) is 5.11 Å². The van der Waals surface area contributed by atoms with E-state index in [1.165, 1.54) is 12.1 Å². The van der Waals surface area contributed by atoms with Crippen LogP contribution in [0.2, 0.25) is 0 Å². The van der Waals surface area contributed by atoms with Crippen LogP contribution in [0.4, 0.5) is 8.78 Å². The third kappa shape index (κ3) is 3.90. The number of aromatic hydroxyl groups is 1. The zero-order valence-corrected chi connectivity index (χ0v) is 14.8. The average molecular weight is 336 g/mol. The van der Waals surface area contributed by atoms with Gasteiger partial charge in [0.1, 0.15) is 17.4 Å². The fraction of sp³-hybridized carbons (Fsp3) is 0.368. The van der Waals surface area contributed by atoms with Crippen LogP contribution in [0.15, 0.2) is 36.4 Å². The molecule has 1 N–H and O–H groups in total. The van der Waals surface area contributed by atoms with Gasteiger partial charge in [0.25, 0.3) is 0 Å². The van der Waals surface area contributed by atoms with Crippen LogP contribution < -0.4 is 5.30 Å². The van der Waals surface area contributed by atoms with Crippen molar-refractivity contribution >= 4 is 13.9 Å². The van der Waals surface area contributed by atoms with Crippen molar-refractivity contribution in [3.63, 3.8) is 0 Å². The Kier molecular flexibility index (Phi) is 5.75. The molecule has 2 rings (SSSR count). The molecule has 2 aromatic rings. The Hall–Kier alpha value is -1.47. The van der Waals surface area contributed by atoms with Crippen LogP contribution in [0.1, 0.15) is 44.2 Å². The first-order chi connectivity index (χ1) is 10.9. The van der Waals surface area contributed by atoms with Gasteiger partial charge in [0, 0.05) is 22.1 Å². The zero-order chi connectivity index (χ0) is 17.0. The minimum Gasteiger partial charge on any atom is -0.508 e. The predicted molar refractivity (Wildman–Crippen MR) is 94.0 cm³/mol.